The van der Waals surface area contributed by atoms with Gasteiger partial charge in [-0.1, -0.05) is 11.8 Å². The van der Waals surface area contributed by atoms with E-state index in [0.29, 0.717) is 22.7 Å². The average molecular weight is 239 g/mol. The van der Waals surface area contributed by atoms with Crippen LogP contribution in [0.1, 0.15) is 31.7 Å². The number of Topliss-reactive ketones (excluding diaryl/α,β-unsaturated/α-hetero) is 1. The molecule has 1 aromatic rings. The van der Waals surface area contributed by atoms with Crippen LogP contribution < -0.4 is 5.69 Å². The molecule has 0 aliphatic heterocycles. The molecule has 0 atom stereocenters. The summed E-state index contributed by atoms with van der Waals surface area (Å²) in [6.45, 7) is 0. The second-order valence-electron chi connectivity index (χ2n) is 4.44. The number of H-pyrrole nitrogens is 1. The molecule has 0 unspecified atom stereocenters. The zero-order valence-corrected chi connectivity index (χ0v) is 9.63. The van der Waals surface area contributed by atoms with E-state index >= 15 is 0 Å². The molecule has 86 valence electrons. The summed E-state index contributed by atoms with van der Waals surface area (Å²) in [5.74, 6) is 1.03. The number of aromatic nitrogens is 3. The summed E-state index contributed by atoms with van der Waals surface area (Å²) in [7, 11) is 0. The van der Waals surface area contributed by atoms with E-state index in [4.69, 9.17) is 0 Å². The third-order valence-corrected chi connectivity index (χ3v) is 3.94. The molecule has 1 N–H and O–H groups in total. The Morgan fingerprint density at radius 3 is 2.81 bits per heavy atom. The van der Waals surface area contributed by atoms with Crippen LogP contribution in [0, 0.1) is 5.92 Å². The molecule has 0 saturated heterocycles. The zero-order chi connectivity index (χ0) is 11.1. The Balaban J connectivity index is 1.69. The third-order valence-electron chi connectivity index (χ3n) is 2.96. The van der Waals surface area contributed by atoms with Crippen LogP contribution in [-0.2, 0) is 4.79 Å². The molecule has 5 nitrogen and oxygen atoms in total. The maximum absolute atomic E-state index is 11.5. The van der Waals surface area contributed by atoms with Crippen molar-refractivity contribution < 1.29 is 4.79 Å². The number of carbonyl (C=O) groups is 1. The Kier molecular flexibility index (Phi) is 2.38. The van der Waals surface area contributed by atoms with Crippen molar-refractivity contribution in [1.82, 2.24) is 14.8 Å². The van der Waals surface area contributed by atoms with Crippen LogP contribution in [-0.4, -0.2) is 26.3 Å². The van der Waals surface area contributed by atoms with Crippen LogP contribution >= 0.6 is 11.8 Å². The minimum absolute atomic E-state index is 0.149. The summed E-state index contributed by atoms with van der Waals surface area (Å²) in [6.07, 6.45) is 4.16. The predicted octanol–water partition coefficient (Wildman–Crippen LogP) is 0.977. The van der Waals surface area contributed by atoms with E-state index < -0.39 is 0 Å². The van der Waals surface area contributed by atoms with Gasteiger partial charge < -0.3 is 0 Å². The number of ketones is 1. The standard InChI is InChI=1S/C10H13N3O2S/c14-8(6-1-2-6)5-16-10-12-11-9(15)13(10)7-3-4-7/h6-7H,1-5H2,(H,11,15). The maximum Gasteiger partial charge on any atom is 0.344 e. The van der Waals surface area contributed by atoms with E-state index in [2.05, 4.69) is 10.2 Å². The smallest absolute Gasteiger partial charge is 0.298 e. The van der Waals surface area contributed by atoms with Crippen molar-refractivity contribution in [2.24, 2.45) is 5.92 Å². The second kappa shape index (κ2) is 3.76. The van der Waals surface area contributed by atoms with Crippen molar-refractivity contribution in [2.45, 2.75) is 36.9 Å². The van der Waals surface area contributed by atoms with Gasteiger partial charge >= 0.3 is 5.69 Å². The van der Waals surface area contributed by atoms with Crippen LogP contribution in [0.4, 0.5) is 0 Å². The minimum Gasteiger partial charge on any atom is -0.298 e. The first-order chi connectivity index (χ1) is 7.75. The molecule has 6 heteroatoms. The number of aromatic amines is 1. The molecule has 0 amide bonds. The van der Waals surface area contributed by atoms with Crippen LogP contribution in [0.2, 0.25) is 0 Å². The first-order valence-corrected chi connectivity index (χ1v) is 6.56. The molecule has 2 fully saturated rings. The fourth-order valence-electron chi connectivity index (χ4n) is 1.71. The molecule has 0 spiro atoms. The molecule has 0 radical (unpaired) electrons. The monoisotopic (exact) mass is 239 g/mol. The topological polar surface area (TPSA) is 67.8 Å². The highest BCUT2D eigenvalue weighted by Crippen LogP contribution is 2.37. The van der Waals surface area contributed by atoms with Crippen molar-refractivity contribution in [1.29, 1.82) is 0 Å². The van der Waals surface area contributed by atoms with E-state index in [1.54, 1.807) is 4.57 Å². The SMILES string of the molecule is O=C(CSc1n[nH]c(=O)n1C1CC1)C1CC1. The lowest BCUT2D eigenvalue weighted by molar-refractivity contribution is -0.117. The first-order valence-electron chi connectivity index (χ1n) is 5.58. The van der Waals surface area contributed by atoms with Crippen molar-refractivity contribution in [2.75, 3.05) is 5.75 Å². The van der Waals surface area contributed by atoms with Gasteiger partial charge in [-0.15, -0.1) is 5.10 Å². The van der Waals surface area contributed by atoms with E-state index in [-0.39, 0.29) is 11.6 Å². The van der Waals surface area contributed by atoms with Crippen LogP contribution in [0.25, 0.3) is 0 Å². The van der Waals surface area contributed by atoms with Gasteiger partial charge in [0, 0.05) is 12.0 Å². The third kappa shape index (κ3) is 1.93. The number of hydrogen-bond acceptors (Lipinski definition) is 4. The van der Waals surface area contributed by atoms with Crippen molar-refractivity contribution in [3.8, 4) is 0 Å². The van der Waals surface area contributed by atoms with Gasteiger partial charge in [-0.25, -0.2) is 9.89 Å². The average Bonchev–Trinajstić information content (AvgIpc) is 3.13. The lowest BCUT2D eigenvalue weighted by Gasteiger charge is -2.01. The molecule has 2 aliphatic carbocycles. The summed E-state index contributed by atoms with van der Waals surface area (Å²) < 4.78 is 1.69. The maximum atomic E-state index is 11.5. The van der Waals surface area contributed by atoms with Gasteiger partial charge in [0.05, 0.1) is 5.75 Å². The van der Waals surface area contributed by atoms with Crippen molar-refractivity contribution in [3.05, 3.63) is 10.5 Å². The Labute approximate surface area is 96.6 Å². The van der Waals surface area contributed by atoms with Crippen molar-refractivity contribution >= 4 is 17.5 Å². The highest BCUT2D eigenvalue weighted by atomic mass is 32.2. The van der Waals surface area contributed by atoms with Crippen LogP contribution in [0.3, 0.4) is 0 Å². The van der Waals surface area contributed by atoms with E-state index in [9.17, 15) is 9.59 Å². The highest BCUT2D eigenvalue weighted by molar-refractivity contribution is 7.99. The number of nitrogens with zero attached hydrogens (tertiary/aromatic N) is 2. The highest BCUT2D eigenvalue weighted by Gasteiger charge is 2.31. The summed E-state index contributed by atoms with van der Waals surface area (Å²) in [5.41, 5.74) is -0.149. The normalized spacial score (nSPS) is 20.0. The summed E-state index contributed by atoms with van der Waals surface area (Å²) in [6, 6.07) is 0.310. The predicted molar refractivity (Wildman–Crippen MR) is 59.6 cm³/mol. The molecule has 0 bridgehead atoms. The van der Waals surface area contributed by atoms with Gasteiger partial charge in [-0.05, 0) is 25.7 Å². The molecular weight excluding hydrogens is 226 g/mol. The lowest BCUT2D eigenvalue weighted by atomic mass is 10.3. The molecule has 16 heavy (non-hydrogen) atoms. The van der Waals surface area contributed by atoms with Gasteiger partial charge in [0.25, 0.3) is 0 Å². The molecule has 2 saturated carbocycles. The van der Waals surface area contributed by atoms with Crippen LogP contribution in [0.15, 0.2) is 9.95 Å². The first kappa shape index (κ1) is 10.1. The fourth-order valence-corrected chi connectivity index (χ4v) is 2.69. The fraction of sp³-hybridized carbons (Fsp3) is 0.700. The molecular formula is C10H13N3O2S. The molecule has 1 aromatic heterocycles. The lowest BCUT2D eigenvalue weighted by Crippen LogP contribution is -2.16. The van der Waals surface area contributed by atoms with Gasteiger partial charge in [0.1, 0.15) is 5.78 Å². The number of thioether (sulfide) groups is 1. The van der Waals surface area contributed by atoms with Gasteiger partial charge in [0.2, 0.25) is 0 Å². The zero-order valence-electron chi connectivity index (χ0n) is 8.81. The van der Waals surface area contributed by atoms with Gasteiger partial charge in [-0.2, -0.15) is 0 Å². The Bertz CT molecular complexity index is 471. The molecule has 2 aliphatic rings. The van der Waals surface area contributed by atoms with Gasteiger partial charge in [0.15, 0.2) is 5.16 Å². The number of carbonyl (C=O) groups excluding carboxylic acids is 1. The quantitative estimate of drug-likeness (QED) is 0.778. The van der Waals surface area contributed by atoms with Crippen molar-refractivity contribution in [3.63, 3.8) is 0 Å². The summed E-state index contributed by atoms with van der Waals surface area (Å²) in [4.78, 5) is 23.0. The summed E-state index contributed by atoms with van der Waals surface area (Å²) in [5, 5.41) is 7.09. The number of hydrogen-bond donors (Lipinski definition) is 1. The number of nitrogens with one attached hydrogen (secondary N) is 1. The Morgan fingerprint density at radius 2 is 2.19 bits per heavy atom. The molecule has 1 heterocycles. The molecule has 0 aromatic carbocycles. The van der Waals surface area contributed by atoms with E-state index in [0.717, 1.165) is 25.7 Å². The molecule has 3 rings (SSSR count). The minimum atomic E-state index is -0.149. The Hall–Kier alpha value is -1.04. The Morgan fingerprint density at radius 1 is 1.44 bits per heavy atom. The largest absolute Gasteiger partial charge is 0.344 e. The van der Waals surface area contributed by atoms with E-state index in [1.807, 2.05) is 0 Å². The second-order valence-corrected chi connectivity index (χ2v) is 5.38. The van der Waals surface area contributed by atoms with E-state index in [1.165, 1.54) is 11.8 Å². The van der Waals surface area contributed by atoms with Gasteiger partial charge in [-0.3, -0.25) is 9.36 Å². The number of rotatable bonds is 5. The van der Waals surface area contributed by atoms with Crippen LogP contribution in [0.5, 0.6) is 0 Å². The summed E-state index contributed by atoms with van der Waals surface area (Å²) >= 11 is 1.38.